The summed E-state index contributed by atoms with van der Waals surface area (Å²) in [5.74, 6) is 0.368. The third-order valence-electron chi connectivity index (χ3n) is 2.97. The van der Waals surface area contributed by atoms with E-state index in [0.29, 0.717) is 12.3 Å². The van der Waals surface area contributed by atoms with Gasteiger partial charge in [-0.2, -0.15) is 0 Å². The SMILES string of the molecule is CCC(C)(C)C(=O)Oc1ccc(NCCN)cc1. The number of nitrogens with one attached hydrogen (secondary N) is 1. The zero-order valence-electron chi connectivity index (χ0n) is 11.3. The maximum atomic E-state index is 11.9. The summed E-state index contributed by atoms with van der Waals surface area (Å²) in [5, 5.41) is 3.15. The van der Waals surface area contributed by atoms with Crippen LogP contribution in [0.1, 0.15) is 27.2 Å². The summed E-state index contributed by atoms with van der Waals surface area (Å²) in [6, 6.07) is 7.30. The highest BCUT2D eigenvalue weighted by molar-refractivity contribution is 5.78. The molecule has 0 bridgehead atoms. The first-order valence-electron chi connectivity index (χ1n) is 6.26. The molecule has 0 saturated heterocycles. The van der Waals surface area contributed by atoms with Crippen LogP contribution in [0.3, 0.4) is 0 Å². The molecule has 0 aliphatic carbocycles. The fourth-order valence-corrected chi connectivity index (χ4v) is 1.25. The van der Waals surface area contributed by atoms with Gasteiger partial charge in [-0.05, 0) is 44.5 Å². The molecular weight excluding hydrogens is 228 g/mol. The summed E-state index contributed by atoms with van der Waals surface area (Å²) in [6.07, 6.45) is 0.752. The van der Waals surface area contributed by atoms with Gasteiger partial charge in [0.05, 0.1) is 5.41 Å². The van der Waals surface area contributed by atoms with E-state index in [4.69, 9.17) is 10.5 Å². The third-order valence-corrected chi connectivity index (χ3v) is 2.97. The van der Waals surface area contributed by atoms with Crippen molar-refractivity contribution in [3.63, 3.8) is 0 Å². The molecule has 0 saturated carbocycles. The molecule has 4 heteroatoms. The molecule has 1 aromatic rings. The Morgan fingerprint density at radius 2 is 1.94 bits per heavy atom. The number of hydrogen-bond acceptors (Lipinski definition) is 4. The highest BCUT2D eigenvalue weighted by Gasteiger charge is 2.27. The molecule has 100 valence electrons. The van der Waals surface area contributed by atoms with Crippen molar-refractivity contribution in [3.05, 3.63) is 24.3 Å². The van der Waals surface area contributed by atoms with Crippen LogP contribution in [-0.2, 0) is 4.79 Å². The zero-order valence-corrected chi connectivity index (χ0v) is 11.3. The second-order valence-electron chi connectivity index (χ2n) is 4.87. The fourth-order valence-electron chi connectivity index (χ4n) is 1.25. The molecule has 3 N–H and O–H groups in total. The second kappa shape index (κ2) is 6.40. The van der Waals surface area contributed by atoms with E-state index in [1.807, 2.05) is 32.9 Å². The van der Waals surface area contributed by atoms with Crippen molar-refractivity contribution < 1.29 is 9.53 Å². The van der Waals surface area contributed by atoms with Gasteiger partial charge in [0.1, 0.15) is 5.75 Å². The number of nitrogens with two attached hydrogens (primary N) is 1. The molecule has 4 nitrogen and oxygen atoms in total. The van der Waals surface area contributed by atoms with Gasteiger partial charge < -0.3 is 15.8 Å². The zero-order chi connectivity index (χ0) is 13.6. The fraction of sp³-hybridized carbons (Fsp3) is 0.500. The smallest absolute Gasteiger partial charge is 0.316 e. The molecule has 1 rings (SSSR count). The lowest BCUT2D eigenvalue weighted by molar-refractivity contribution is -0.144. The molecular formula is C14H22N2O2. The van der Waals surface area contributed by atoms with Crippen LogP contribution < -0.4 is 15.8 Å². The number of benzene rings is 1. The van der Waals surface area contributed by atoms with Crippen molar-refractivity contribution in [3.8, 4) is 5.75 Å². The first kappa shape index (κ1) is 14.5. The molecule has 0 heterocycles. The van der Waals surface area contributed by atoms with E-state index >= 15 is 0 Å². The van der Waals surface area contributed by atoms with Crippen molar-refractivity contribution in [1.82, 2.24) is 0 Å². The van der Waals surface area contributed by atoms with E-state index in [1.54, 1.807) is 12.1 Å². The first-order valence-corrected chi connectivity index (χ1v) is 6.26. The normalized spacial score (nSPS) is 11.1. The quantitative estimate of drug-likeness (QED) is 0.601. The number of esters is 1. The maximum Gasteiger partial charge on any atom is 0.316 e. The molecule has 0 aliphatic rings. The van der Waals surface area contributed by atoms with Gasteiger partial charge in [0, 0.05) is 18.8 Å². The van der Waals surface area contributed by atoms with Crippen molar-refractivity contribution >= 4 is 11.7 Å². The minimum atomic E-state index is -0.448. The highest BCUT2D eigenvalue weighted by atomic mass is 16.5. The largest absolute Gasteiger partial charge is 0.426 e. The summed E-state index contributed by atoms with van der Waals surface area (Å²) >= 11 is 0. The van der Waals surface area contributed by atoms with Crippen molar-refractivity contribution in [1.29, 1.82) is 0 Å². The lowest BCUT2D eigenvalue weighted by atomic mass is 9.91. The monoisotopic (exact) mass is 250 g/mol. The van der Waals surface area contributed by atoms with Gasteiger partial charge >= 0.3 is 5.97 Å². The van der Waals surface area contributed by atoms with Gasteiger partial charge in [-0.3, -0.25) is 4.79 Å². The molecule has 1 aromatic carbocycles. The Hall–Kier alpha value is -1.55. The van der Waals surface area contributed by atoms with E-state index < -0.39 is 5.41 Å². The van der Waals surface area contributed by atoms with Gasteiger partial charge in [-0.15, -0.1) is 0 Å². The van der Waals surface area contributed by atoms with Gasteiger partial charge in [0.15, 0.2) is 0 Å². The predicted molar refractivity (Wildman–Crippen MR) is 73.7 cm³/mol. The topological polar surface area (TPSA) is 64.3 Å². The maximum absolute atomic E-state index is 11.9. The standard InChI is InChI=1S/C14H22N2O2/c1-4-14(2,3)13(17)18-12-7-5-11(6-8-12)16-10-9-15/h5-8,16H,4,9-10,15H2,1-3H3. The summed E-state index contributed by atoms with van der Waals surface area (Å²) in [5.41, 5.74) is 5.92. The van der Waals surface area contributed by atoms with Crippen LogP contribution >= 0.6 is 0 Å². The minimum absolute atomic E-state index is 0.201. The summed E-state index contributed by atoms with van der Waals surface area (Å²) in [4.78, 5) is 11.9. The average molecular weight is 250 g/mol. The van der Waals surface area contributed by atoms with Crippen molar-refractivity contribution in [2.75, 3.05) is 18.4 Å². The molecule has 0 unspecified atom stereocenters. The van der Waals surface area contributed by atoms with Crippen LogP contribution in [0.2, 0.25) is 0 Å². The number of anilines is 1. The molecule has 0 spiro atoms. The third kappa shape index (κ3) is 4.04. The van der Waals surface area contributed by atoms with Crippen LogP contribution in [0, 0.1) is 5.41 Å². The molecule has 0 fully saturated rings. The molecule has 0 atom stereocenters. The van der Waals surface area contributed by atoms with Crippen LogP contribution in [0.4, 0.5) is 5.69 Å². The van der Waals surface area contributed by atoms with E-state index in [-0.39, 0.29) is 5.97 Å². The predicted octanol–water partition coefficient (Wildman–Crippen LogP) is 2.40. The minimum Gasteiger partial charge on any atom is -0.426 e. The molecule has 0 radical (unpaired) electrons. The van der Waals surface area contributed by atoms with Gasteiger partial charge in [0.2, 0.25) is 0 Å². The Bertz CT molecular complexity index is 385. The van der Waals surface area contributed by atoms with E-state index in [9.17, 15) is 4.79 Å². The Labute approximate surface area is 109 Å². The van der Waals surface area contributed by atoms with Gasteiger partial charge in [0.25, 0.3) is 0 Å². The average Bonchev–Trinajstić information content (AvgIpc) is 2.37. The number of carbonyl (C=O) groups excluding carboxylic acids is 1. The van der Waals surface area contributed by atoms with Crippen LogP contribution in [0.15, 0.2) is 24.3 Å². The van der Waals surface area contributed by atoms with Gasteiger partial charge in [-0.1, -0.05) is 6.92 Å². The lowest BCUT2D eigenvalue weighted by Gasteiger charge is -2.20. The van der Waals surface area contributed by atoms with E-state index in [2.05, 4.69) is 5.32 Å². The first-order chi connectivity index (χ1) is 8.49. The number of rotatable bonds is 6. The van der Waals surface area contributed by atoms with Crippen LogP contribution in [-0.4, -0.2) is 19.1 Å². The Kier molecular flexibility index (Phi) is 5.16. The summed E-state index contributed by atoms with van der Waals surface area (Å²) in [7, 11) is 0. The Morgan fingerprint density at radius 1 is 1.33 bits per heavy atom. The Balaban J connectivity index is 2.61. The van der Waals surface area contributed by atoms with Crippen LogP contribution in [0.25, 0.3) is 0 Å². The molecule has 0 aliphatic heterocycles. The highest BCUT2D eigenvalue weighted by Crippen LogP contribution is 2.24. The van der Waals surface area contributed by atoms with E-state index in [0.717, 1.165) is 18.7 Å². The summed E-state index contributed by atoms with van der Waals surface area (Å²) < 4.78 is 5.34. The molecule has 0 amide bonds. The number of carbonyl (C=O) groups is 1. The van der Waals surface area contributed by atoms with Crippen molar-refractivity contribution in [2.24, 2.45) is 11.1 Å². The van der Waals surface area contributed by atoms with Gasteiger partial charge in [-0.25, -0.2) is 0 Å². The lowest BCUT2D eigenvalue weighted by Crippen LogP contribution is -2.28. The number of ether oxygens (including phenoxy) is 1. The van der Waals surface area contributed by atoms with Crippen LogP contribution in [0.5, 0.6) is 5.75 Å². The molecule has 0 aromatic heterocycles. The second-order valence-corrected chi connectivity index (χ2v) is 4.87. The Morgan fingerprint density at radius 3 is 2.44 bits per heavy atom. The molecule has 18 heavy (non-hydrogen) atoms. The summed E-state index contributed by atoms with van der Waals surface area (Å²) in [6.45, 7) is 7.05. The number of hydrogen-bond donors (Lipinski definition) is 2. The van der Waals surface area contributed by atoms with Crippen molar-refractivity contribution in [2.45, 2.75) is 27.2 Å². The van der Waals surface area contributed by atoms with E-state index in [1.165, 1.54) is 0 Å².